The van der Waals surface area contributed by atoms with Crippen LogP contribution in [0, 0.1) is 0 Å². The molecule has 0 amide bonds. The van der Waals surface area contributed by atoms with E-state index in [0.29, 0.717) is 38.5 Å². The Labute approximate surface area is 198 Å². The average Bonchev–Trinajstić information content (AvgIpc) is 2.82. The third-order valence-electron chi connectivity index (χ3n) is 4.88. The molecule has 0 fully saturated rings. The number of esters is 1. The molecule has 0 aliphatic carbocycles. The summed E-state index contributed by atoms with van der Waals surface area (Å²) in [6.45, 7) is -0.376. The Morgan fingerprint density at radius 1 is 0.969 bits per heavy atom. The van der Waals surface area contributed by atoms with Gasteiger partial charge in [-0.2, -0.15) is 0 Å². The molecule has 0 atom stereocenters. The quantitative estimate of drug-likeness (QED) is 0.223. The Morgan fingerprint density at radius 3 is 2.38 bits per heavy atom. The van der Waals surface area contributed by atoms with Gasteiger partial charge < -0.3 is 9.47 Å². The van der Waals surface area contributed by atoms with Crippen molar-refractivity contribution in [1.82, 2.24) is 4.98 Å². The summed E-state index contributed by atoms with van der Waals surface area (Å²) in [5.74, 6) is -0.270. The predicted molar refractivity (Wildman–Crippen MR) is 127 cm³/mol. The van der Waals surface area contributed by atoms with E-state index in [0.717, 1.165) is 10.0 Å². The Hall–Kier alpha value is -3.22. The highest BCUT2D eigenvalue weighted by molar-refractivity contribution is 9.10. The van der Waals surface area contributed by atoms with Crippen LogP contribution in [-0.4, -0.2) is 30.5 Å². The van der Waals surface area contributed by atoms with Gasteiger partial charge in [0.25, 0.3) is 0 Å². The number of aromatic nitrogens is 1. The van der Waals surface area contributed by atoms with Crippen LogP contribution in [-0.2, 0) is 4.74 Å². The Bertz CT molecular complexity index is 1300. The van der Waals surface area contributed by atoms with E-state index in [1.807, 2.05) is 24.3 Å². The molecule has 0 spiro atoms. The maximum absolute atomic E-state index is 13.0. The van der Waals surface area contributed by atoms with Crippen molar-refractivity contribution < 1.29 is 19.1 Å². The van der Waals surface area contributed by atoms with Crippen molar-refractivity contribution in [2.75, 3.05) is 13.7 Å². The van der Waals surface area contributed by atoms with Gasteiger partial charge >= 0.3 is 5.97 Å². The van der Waals surface area contributed by atoms with E-state index in [4.69, 9.17) is 21.1 Å². The highest BCUT2D eigenvalue weighted by Crippen LogP contribution is 2.28. The summed E-state index contributed by atoms with van der Waals surface area (Å²) in [7, 11) is 1.55. The fourth-order valence-electron chi connectivity index (χ4n) is 3.20. The maximum Gasteiger partial charge on any atom is 0.339 e. The van der Waals surface area contributed by atoms with Gasteiger partial charge in [0.15, 0.2) is 12.4 Å². The first-order chi connectivity index (χ1) is 15.4. The number of Topliss-reactive ketones (excluding diaryl/α,β-unsaturated/α-hetero) is 1. The number of rotatable bonds is 6. The monoisotopic (exact) mass is 509 g/mol. The smallest absolute Gasteiger partial charge is 0.339 e. The van der Waals surface area contributed by atoms with Gasteiger partial charge in [0, 0.05) is 26.0 Å². The lowest BCUT2D eigenvalue weighted by molar-refractivity contribution is 0.0476. The molecule has 0 bridgehead atoms. The normalized spacial score (nSPS) is 10.7. The summed E-state index contributed by atoms with van der Waals surface area (Å²) in [5, 5.41) is 1.23. The van der Waals surface area contributed by atoms with Gasteiger partial charge in [0.2, 0.25) is 0 Å². The van der Waals surface area contributed by atoms with Crippen molar-refractivity contribution in [2.24, 2.45) is 0 Å². The van der Waals surface area contributed by atoms with Crippen LogP contribution in [0.4, 0.5) is 0 Å². The van der Waals surface area contributed by atoms with Crippen molar-refractivity contribution in [2.45, 2.75) is 0 Å². The van der Waals surface area contributed by atoms with E-state index in [-0.39, 0.29) is 12.4 Å². The van der Waals surface area contributed by atoms with Crippen molar-refractivity contribution in [3.8, 4) is 17.0 Å². The van der Waals surface area contributed by atoms with E-state index in [9.17, 15) is 9.59 Å². The molecule has 0 aliphatic heterocycles. The van der Waals surface area contributed by atoms with Crippen LogP contribution in [0.25, 0.3) is 22.2 Å². The molecule has 0 N–H and O–H groups in total. The summed E-state index contributed by atoms with van der Waals surface area (Å²) in [5.41, 5.74) is 2.80. The van der Waals surface area contributed by atoms with Crippen molar-refractivity contribution in [3.05, 3.63) is 93.4 Å². The highest BCUT2D eigenvalue weighted by atomic mass is 79.9. The van der Waals surface area contributed by atoms with Crippen molar-refractivity contribution >= 4 is 50.2 Å². The van der Waals surface area contributed by atoms with Crippen LogP contribution in [0.15, 0.2) is 77.3 Å². The number of hydrogen-bond acceptors (Lipinski definition) is 5. The number of ketones is 1. The zero-order valence-electron chi connectivity index (χ0n) is 17.0. The fourth-order valence-corrected chi connectivity index (χ4v) is 3.69. The Kier molecular flexibility index (Phi) is 6.53. The summed E-state index contributed by atoms with van der Waals surface area (Å²) in [6.07, 6.45) is 0. The van der Waals surface area contributed by atoms with E-state index in [1.165, 1.54) is 0 Å². The molecule has 0 radical (unpaired) electrons. The summed E-state index contributed by atoms with van der Waals surface area (Å²) < 4.78 is 11.3. The lowest BCUT2D eigenvalue weighted by atomic mass is 10.0. The zero-order valence-corrected chi connectivity index (χ0v) is 19.3. The van der Waals surface area contributed by atoms with Crippen LogP contribution >= 0.6 is 27.5 Å². The molecular formula is C25H17BrClNO4. The predicted octanol–water partition coefficient (Wildman–Crippen LogP) is 6.37. The molecule has 5 nitrogen and oxygen atoms in total. The molecule has 7 heteroatoms. The average molecular weight is 511 g/mol. The minimum absolute atomic E-state index is 0.307. The van der Waals surface area contributed by atoms with Gasteiger partial charge in [-0.3, -0.25) is 4.79 Å². The standard InChI is InChI=1S/C25H17BrClNO4/c1-31-19-9-4-16(5-10-19)24(29)14-32-25(30)21-13-23(15-2-7-18(27)8-3-15)28-22-11-6-17(26)12-20(21)22/h2-13H,14H2,1H3. The highest BCUT2D eigenvalue weighted by Gasteiger charge is 2.18. The number of hydrogen-bond donors (Lipinski definition) is 0. The fraction of sp³-hybridized carbons (Fsp3) is 0.0800. The number of benzene rings is 3. The van der Waals surface area contributed by atoms with Gasteiger partial charge in [0.05, 0.1) is 23.9 Å². The van der Waals surface area contributed by atoms with Gasteiger partial charge in [-0.15, -0.1) is 0 Å². The first-order valence-electron chi connectivity index (χ1n) is 9.65. The van der Waals surface area contributed by atoms with Crippen LogP contribution in [0.3, 0.4) is 0 Å². The molecule has 0 saturated heterocycles. The lowest BCUT2D eigenvalue weighted by Gasteiger charge is -2.11. The zero-order chi connectivity index (χ0) is 22.7. The van der Waals surface area contributed by atoms with Crippen LogP contribution in [0.5, 0.6) is 5.75 Å². The maximum atomic E-state index is 13.0. The molecule has 32 heavy (non-hydrogen) atoms. The van der Waals surface area contributed by atoms with E-state index in [1.54, 1.807) is 55.6 Å². The number of pyridine rings is 1. The molecular weight excluding hydrogens is 494 g/mol. The number of methoxy groups -OCH3 is 1. The third-order valence-corrected chi connectivity index (χ3v) is 5.62. The lowest BCUT2D eigenvalue weighted by Crippen LogP contribution is -2.15. The van der Waals surface area contributed by atoms with E-state index in [2.05, 4.69) is 20.9 Å². The van der Waals surface area contributed by atoms with Crippen LogP contribution < -0.4 is 4.74 Å². The second kappa shape index (κ2) is 9.51. The van der Waals surface area contributed by atoms with Gasteiger partial charge in [-0.05, 0) is 60.7 Å². The SMILES string of the molecule is COc1ccc(C(=O)COC(=O)c2cc(-c3ccc(Cl)cc3)nc3ccc(Br)cc23)cc1. The van der Waals surface area contributed by atoms with E-state index >= 15 is 0 Å². The Balaban J connectivity index is 1.63. The number of nitrogens with zero attached hydrogens (tertiary/aromatic N) is 1. The molecule has 1 heterocycles. The van der Waals surface area contributed by atoms with Gasteiger partial charge in [-0.1, -0.05) is 39.7 Å². The minimum Gasteiger partial charge on any atom is -0.497 e. The first kappa shape index (κ1) is 22.0. The second-order valence-corrected chi connectivity index (χ2v) is 8.30. The summed E-state index contributed by atoms with van der Waals surface area (Å²) >= 11 is 9.43. The molecule has 4 rings (SSSR count). The summed E-state index contributed by atoms with van der Waals surface area (Å²) in [6, 6.07) is 20.9. The second-order valence-electron chi connectivity index (χ2n) is 6.95. The molecule has 0 unspecified atom stereocenters. The number of halogens is 2. The van der Waals surface area contributed by atoms with E-state index < -0.39 is 5.97 Å². The molecule has 0 saturated carbocycles. The van der Waals surface area contributed by atoms with Crippen molar-refractivity contribution in [3.63, 3.8) is 0 Å². The van der Waals surface area contributed by atoms with Crippen LogP contribution in [0.2, 0.25) is 5.02 Å². The first-order valence-corrected chi connectivity index (χ1v) is 10.8. The van der Waals surface area contributed by atoms with Gasteiger partial charge in [0.1, 0.15) is 5.75 Å². The molecule has 1 aromatic heterocycles. The molecule has 0 aliphatic rings. The largest absolute Gasteiger partial charge is 0.497 e. The Morgan fingerprint density at radius 2 is 1.69 bits per heavy atom. The number of carbonyl (C=O) groups is 2. The molecule has 160 valence electrons. The number of fused-ring (bicyclic) bond motifs is 1. The minimum atomic E-state index is -0.604. The molecule has 3 aromatic carbocycles. The summed E-state index contributed by atoms with van der Waals surface area (Å²) in [4.78, 5) is 30.1. The number of carbonyl (C=O) groups excluding carboxylic acids is 2. The molecule has 4 aromatic rings. The topological polar surface area (TPSA) is 65.5 Å². The third kappa shape index (κ3) is 4.82. The van der Waals surface area contributed by atoms with Gasteiger partial charge in [-0.25, -0.2) is 9.78 Å². The van der Waals surface area contributed by atoms with Crippen molar-refractivity contribution in [1.29, 1.82) is 0 Å². The van der Waals surface area contributed by atoms with Crippen LogP contribution in [0.1, 0.15) is 20.7 Å². The number of ether oxygens (including phenoxy) is 2.